The first kappa shape index (κ1) is 11.0. The van der Waals surface area contributed by atoms with Crippen molar-refractivity contribution in [1.82, 2.24) is 0 Å². The summed E-state index contributed by atoms with van der Waals surface area (Å²) in [6.07, 6.45) is 8.28. The van der Waals surface area contributed by atoms with Gasteiger partial charge in [0.2, 0.25) is 0 Å². The summed E-state index contributed by atoms with van der Waals surface area (Å²) in [5, 5.41) is 10.00. The van der Waals surface area contributed by atoms with Gasteiger partial charge in [-0.3, -0.25) is 9.79 Å². The molecule has 17 heavy (non-hydrogen) atoms. The van der Waals surface area contributed by atoms with Crippen LogP contribution in [0.3, 0.4) is 0 Å². The number of hydrogen-bond acceptors (Lipinski definition) is 4. The van der Waals surface area contributed by atoms with E-state index in [1.54, 1.807) is 12.4 Å². The van der Waals surface area contributed by atoms with Crippen LogP contribution >= 0.6 is 0 Å². The zero-order chi connectivity index (χ0) is 12.1. The van der Waals surface area contributed by atoms with Gasteiger partial charge in [-0.1, -0.05) is 6.08 Å². The quantitative estimate of drug-likeness (QED) is 0.646. The van der Waals surface area contributed by atoms with Crippen LogP contribution in [0.1, 0.15) is 32.6 Å². The first-order valence-corrected chi connectivity index (χ1v) is 6.18. The molecule has 0 bridgehead atoms. The van der Waals surface area contributed by atoms with Gasteiger partial charge in [-0.25, -0.2) is 0 Å². The zero-order valence-electron chi connectivity index (χ0n) is 9.93. The summed E-state index contributed by atoms with van der Waals surface area (Å²) in [7, 11) is 0. The summed E-state index contributed by atoms with van der Waals surface area (Å²) >= 11 is 0. The summed E-state index contributed by atoms with van der Waals surface area (Å²) in [4.78, 5) is 15.9. The van der Waals surface area contributed by atoms with E-state index < -0.39 is 11.2 Å². The van der Waals surface area contributed by atoms with Gasteiger partial charge in [-0.2, -0.15) is 0 Å². The predicted octanol–water partition coefficient (Wildman–Crippen LogP) is 1.44. The standard InChI is InChI=1S/C13H17NO3/c1-12(16)3-5-13(6-4-12)10-2-7-14-8-9(10)11(15)17-13/h2,7-10,16H,3-6H2,1H3. The first-order valence-electron chi connectivity index (χ1n) is 6.18. The van der Waals surface area contributed by atoms with Crippen molar-refractivity contribution in [3.05, 3.63) is 12.3 Å². The molecule has 0 amide bonds. The molecular formula is C13H17NO3. The molecule has 92 valence electrons. The molecule has 0 radical (unpaired) electrons. The van der Waals surface area contributed by atoms with Crippen molar-refractivity contribution in [2.75, 3.05) is 0 Å². The average molecular weight is 235 g/mol. The molecule has 1 N–H and O–H groups in total. The second kappa shape index (κ2) is 3.42. The Hall–Kier alpha value is -1.16. The van der Waals surface area contributed by atoms with E-state index in [9.17, 15) is 9.90 Å². The summed E-state index contributed by atoms with van der Waals surface area (Å²) in [6.45, 7) is 1.85. The first-order chi connectivity index (χ1) is 8.03. The smallest absolute Gasteiger partial charge is 0.315 e. The Kier molecular flexibility index (Phi) is 2.20. The van der Waals surface area contributed by atoms with Crippen LogP contribution in [0.15, 0.2) is 17.3 Å². The van der Waals surface area contributed by atoms with Gasteiger partial charge in [-0.05, 0) is 32.6 Å². The van der Waals surface area contributed by atoms with Crippen molar-refractivity contribution in [3.63, 3.8) is 0 Å². The third-order valence-electron chi connectivity index (χ3n) is 4.37. The van der Waals surface area contributed by atoms with E-state index in [1.807, 2.05) is 13.0 Å². The minimum absolute atomic E-state index is 0.101. The normalized spacial score (nSPS) is 48.2. The molecule has 0 aromatic rings. The van der Waals surface area contributed by atoms with Gasteiger partial charge in [0, 0.05) is 18.3 Å². The third kappa shape index (κ3) is 1.62. The average Bonchev–Trinajstić information content (AvgIpc) is 2.59. The third-order valence-corrected chi connectivity index (χ3v) is 4.37. The van der Waals surface area contributed by atoms with Crippen molar-refractivity contribution in [2.24, 2.45) is 16.8 Å². The summed E-state index contributed by atoms with van der Waals surface area (Å²) in [5.74, 6) is -0.281. The van der Waals surface area contributed by atoms with Crippen LogP contribution in [0.25, 0.3) is 0 Å². The van der Waals surface area contributed by atoms with Crippen molar-refractivity contribution in [1.29, 1.82) is 0 Å². The molecule has 2 unspecified atom stereocenters. The van der Waals surface area contributed by atoms with Crippen LogP contribution in [0, 0.1) is 11.8 Å². The molecule has 2 aliphatic heterocycles. The number of aliphatic imine (C=N–C) groups is 1. The predicted molar refractivity (Wildman–Crippen MR) is 62.5 cm³/mol. The van der Waals surface area contributed by atoms with Gasteiger partial charge in [-0.15, -0.1) is 0 Å². The fourth-order valence-electron chi connectivity index (χ4n) is 3.19. The molecule has 1 saturated carbocycles. The van der Waals surface area contributed by atoms with E-state index in [0.717, 1.165) is 12.8 Å². The number of nitrogens with zero attached hydrogens (tertiary/aromatic N) is 1. The summed E-state index contributed by atoms with van der Waals surface area (Å²) in [6, 6.07) is 0. The highest BCUT2D eigenvalue weighted by Crippen LogP contribution is 2.49. The van der Waals surface area contributed by atoms with Gasteiger partial charge < -0.3 is 9.84 Å². The summed E-state index contributed by atoms with van der Waals surface area (Å²) < 4.78 is 5.64. The molecular weight excluding hydrogens is 218 g/mol. The minimum atomic E-state index is -0.609. The van der Waals surface area contributed by atoms with Crippen LogP contribution in [0.4, 0.5) is 0 Å². The van der Waals surface area contributed by atoms with E-state index in [2.05, 4.69) is 4.99 Å². The highest BCUT2D eigenvalue weighted by molar-refractivity contribution is 5.93. The molecule has 2 fully saturated rings. The Balaban J connectivity index is 1.87. The Morgan fingerprint density at radius 3 is 2.82 bits per heavy atom. The lowest BCUT2D eigenvalue weighted by Gasteiger charge is -2.42. The lowest BCUT2D eigenvalue weighted by Crippen LogP contribution is -2.45. The maximum absolute atomic E-state index is 11.8. The van der Waals surface area contributed by atoms with Crippen LogP contribution in [0.5, 0.6) is 0 Å². The highest BCUT2D eigenvalue weighted by Gasteiger charge is 2.56. The molecule has 0 aromatic carbocycles. The number of hydrogen-bond donors (Lipinski definition) is 1. The second-order valence-corrected chi connectivity index (χ2v) is 5.67. The Bertz CT molecular complexity index is 401. The minimum Gasteiger partial charge on any atom is -0.458 e. The van der Waals surface area contributed by atoms with E-state index in [0.29, 0.717) is 12.8 Å². The van der Waals surface area contributed by atoms with Gasteiger partial charge in [0.1, 0.15) is 11.5 Å². The molecule has 1 aliphatic carbocycles. The second-order valence-electron chi connectivity index (χ2n) is 5.67. The van der Waals surface area contributed by atoms with Gasteiger partial charge >= 0.3 is 5.97 Å². The van der Waals surface area contributed by atoms with E-state index in [1.165, 1.54) is 0 Å². The molecule has 4 nitrogen and oxygen atoms in total. The Morgan fingerprint density at radius 2 is 2.12 bits per heavy atom. The number of carbonyl (C=O) groups is 1. The molecule has 4 heteroatoms. The monoisotopic (exact) mass is 235 g/mol. The van der Waals surface area contributed by atoms with E-state index >= 15 is 0 Å². The number of rotatable bonds is 0. The molecule has 3 rings (SSSR count). The van der Waals surface area contributed by atoms with Gasteiger partial charge in [0.05, 0.1) is 5.60 Å². The number of fused-ring (bicyclic) bond motifs is 2. The topological polar surface area (TPSA) is 58.9 Å². The van der Waals surface area contributed by atoms with Crippen LogP contribution in [-0.4, -0.2) is 28.5 Å². The molecule has 0 aromatic heterocycles. The molecule has 3 aliphatic rings. The highest BCUT2D eigenvalue weighted by atomic mass is 16.6. The molecule has 1 saturated heterocycles. The van der Waals surface area contributed by atoms with Crippen LogP contribution < -0.4 is 0 Å². The lowest BCUT2D eigenvalue weighted by atomic mass is 9.68. The van der Waals surface area contributed by atoms with Crippen molar-refractivity contribution in [2.45, 2.75) is 43.8 Å². The lowest BCUT2D eigenvalue weighted by molar-refractivity contribution is -0.157. The molecule has 2 heterocycles. The number of esters is 1. The number of aliphatic hydroxyl groups is 1. The Morgan fingerprint density at radius 1 is 1.41 bits per heavy atom. The van der Waals surface area contributed by atoms with Crippen molar-refractivity contribution >= 4 is 12.2 Å². The zero-order valence-corrected chi connectivity index (χ0v) is 9.93. The molecule has 2 atom stereocenters. The summed E-state index contributed by atoms with van der Waals surface area (Å²) in [5.41, 5.74) is -1.00. The SMILES string of the molecule is CC1(O)CCC2(CC1)OC(=O)C1C=NC=CC12. The fourth-order valence-corrected chi connectivity index (χ4v) is 3.19. The van der Waals surface area contributed by atoms with E-state index in [-0.39, 0.29) is 17.8 Å². The van der Waals surface area contributed by atoms with Crippen LogP contribution in [0.2, 0.25) is 0 Å². The maximum Gasteiger partial charge on any atom is 0.315 e. The number of carbonyl (C=O) groups excluding carboxylic acids is 1. The van der Waals surface area contributed by atoms with E-state index in [4.69, 9.17) is 4.74 Å². The van der Waals surface area contributed by atoms with Gasteiger partial charge in [0.25, 0.3) is 0 Å². The largest absolute Gasteiger partial charge is 0.458 e. The van der Waals surface area contributed by atoms with Gasteiger partial charge in [0.15, 0.2) is 0 Å². The van der Waals surface area contributed by atoms with Crippen molar-refractivity contribution < 1.29 is 14.6 Å². The van der Waals surface area contributed by atoms with Crippen LogP contribution in [-0.2, 0) is 9.53 Å². The van der Waals surface area contributed by atoms with Crippen molar-refractivity contribution in [3.8, 4) is 0 Å². The maximum atomic E-state index is 11.8. The number of ether oxygens (including phenoxy) is 1. The molecule has 1 spiro atoms. The Labute approximate surface area is 100 Å². The fraction of sp³-hybridized carbons (Fsp3) is 0.692.